The molecule has 132 valence electrons. The number of hydrogen-bond donors (Lipinski definition) is 0. The zero-order valence-corrected chi connectivity index (χ0v) is 16.7. The molecular weight excluding hydrogens is 354 g/mol. The number of rotatable bonds is 4. The number of halogens is 1. The summed E-state index contributed by atoms with van der Waals surface area (Å²) in [5, 5.41) is 5.39. The van der Waals surface area contributed by atoms with Crippen LogP contribution in [0.2, 0.25) is 5.02 Å². The second kappa shape index (κ2) is 6.89. The van der Waals surface area contributed by atoms with Crippen molar-refractivity contribution >= 4 is 28.9 Å². The van der Waals surface area contributed by atoms with Crippen LogP contribution < -0.4 is 5.56 Å². The van der Waals surface area contributed by atoms with Gasteiger partial charge < -0.3 is 0 Å². The minimum atomic E-state index is -0.0192. The summed E-state index contributed by atoms with van der Waals surface area (Å²) in [6.45, 7) is 8.66. The van der Waals surface area contributed by atoms with Crippen LogP contribution in [0.15, 0.2) is 34.0 Å². The standard InChI is InChI=1S/C19H22ClN3OS/c1-6-22-18(14-8-7-13(25-5)10-16(14)20)21-23-12(4)9-15(11(2)3)17(23)19(22)24/h7-11H,6H2,1-5H3. The van der Waals surface area contributed by atoms with E-state index < -0.39 is 0 Å². The Morgan fingerprint density at radius 2 is 2.00 bits per heavy atom. The first-order chi connectivity index (χ1) is 11.9. The Kier molecular flexibility index (Phi) is 4.98. The molecule has 6 heteroatoms. The van der Waals surface area contributed by atoms with Crippen LogP contribution in [-0.2, 0) is 6.54 Å². The van der Waals surface area contributed by atoms with Crippen molar-refractivity contribution in [2.75, 3.05) is 6.26 Å². The van der Waals surface area contributed by atoms with Gasteiger partial charge in [-0.15, -0.1) is 16.9 Å². The van der Waals surface area contributed by atoms with Crippen LogP contribution in [0.25, 0.3) is 16.9 Å². The Labute approximate surface area is 156 Å². The van der Waals surface area contributed by atoms with Gasteiger partial charge in [0.05, 0.1) is 5.02 Å². The average molecular weight is 376 g/mol. The van der Waals surface area contributed by atoms with Gasteiger partial charge in [0.2, 0.25) is 0 Å². The van der Waals surface area contributed by atoms with Gasteiger partial charge in [0.15, 0.2) is 5.82 Å². The molecule has 2 heterocycles. The molecule has 0 aliphatic heterocycles. The van der Waals surface area contributed by atoms with Crippen LogP contribution in [0.3, 0.4) is 0 Å². The molecule has 0 spiro atoms. The molecular formula is C19H22ClN3OS. The molecule has 2 aromatic heterocycles. The summed E-state index contributed by atoms with van der Waals surface area (Å²) in [6, 6.07) is 7.91. The van der Waals surface area contributed by atoms with E-state index in [1.165, 1.54) is 0 Å². The third kappa shape index (κ3) is 3.00. The van der Waals surface area contributed by atoms with E-state index in [0.717, 1.165) is 21.7 Å². The van der Waals surface area contributed by atoms with E-state index in [0.29, 0.717) is 22.9 Å². The molecule has 0 atom stereocenters. The van der Waals surface area contributed by atoms with Gasteiger partial charge in [-0.2, -0.15) is 0 Å². The predicted molar refractivity (Wildman–Crippen MR) is 106 cm³/mol. The molecule has 0 saturated heterocycles. The first-order valence-corrected chi connectivity index (χ1v) is 9.96. The van der Waals surface area contributed by atoms with Gasteiger partial charge in [-0.25, -0.2) is 4.52 Å². The Morgan fingerprint density at radius 3 is 2.56 bits per heavy atom. The van der Waals surface area contributed by atoms with Crippen molar-refractivity contribution in [1.82, 2.24) is 14.2 Å². The largest absolute Gasteiger partial charge is 0.290 e. The number of thioether (sulfide) groups is 1. The van der Waals surface area contributed by atoms with Gasteiger partial charge >= 0.3 is 0 Å². The molecule has 0 saturated carbocycles. The first kappa shape index (κ1) is 18.1. The van der Waals surface area contributed by atoms with Gasteiger partial charge in [-0.3, -0.25) is 9.36 Å². The van der Waals surface area contributed by atoms with Crippen LogP contribution in [-0.4, -0.2) is 20.4 Å². The zero-order chi connectivity index (χ0) is 18.3. The topological polar surface area (TPSA) is 39.3 Å². The maximum atomic E-state index is 13.2. The quantitative estimate of drug-likeness (QED) is 0.603. The highest BCUT2D eigenvalue weighted by molar-refractivity contribution is 7.98. The fourth-order valence-electron chi connectivity index (χ4n) is 3.11. The maximum Gasteiger partial charge on any atom is 0.278 e. The van der Waals surface area contributed by atoms with E-state index in [4.69, 9.17) is 16.7 Å². The summed E-state index contributed by atoms with van der Waals surface area (Å²) in [5.74, 6) is 0.866. The Morgan fingerprint density at radius 1 is 1.28 bits per heavy atom. The smallest absolute Gasteiger partial charge is 0.278 e. The summed E-state index contributed by atoms with van der Waals surface area (Å²) in [7, 11) is 0. The van der Waals surface area contributed by atoms with Gasteiger partial charge in [0, 0.05) is 22.7 Å². The minimum absolute atomic E-state index is 0.0192. The highest BCUT2D eigenvalue weighted by Gasteiger charge is 2.20. The molecule has 0 bridgehead atoms. The molecule has 25 heavy (non-hydrogen) atoms. The third-order valence-corrected chi connectivity index (χ3v) is 5.48. The Hall–Kier alpha value is -1.72. The molecule has 3 rings (SSSR count). The van der Waals surface area contributed by atoms with Gasteiger partial charge in [-0.05, 0) is 55.9 Å². The van der Waals surface area contributed by atoms with Crippen molar-refractivity contribution in [2.45, 2.75) is 45.1 Å². The maximum absolute atomic E-state index is 13.2. The van der Waals surface area contributed by atoms with Crippen molar-refractivity contribution in [3.8, 4) is 11.4 Å². The summed E-state index contributed by atoms with van der Waals surface area (Å²) in [6.07, 6.45) is 2.01. The Balaban J connectivity index is 2.37. The van der Waals surface area contributed by atoms with E-state index in [2.05, 4.69) is 19.9 Å². The van der Waals surface area contributed by atoms with Crippen LogP contribution >= 0.6 is 23.4 Å². The molecule has 0 unspecified atom stereocenters. The van der Waals surface area contributed by atoms with Crippen LogP contribution in [0.4, 0.5) is 0 Å². The summed E-state index contributed by atoms with van der Waals surface area (Å²) < 4.78 is 3.47. The van der Waals surface area contributed by atoms with E-state index in [1.807, 2.05) is 38.3 Å². The van der Waals surface area contributed by atoms with Crippen molar-refractivity contribution in [1.29, 1.82) is 0 Å². The van der Waals surface area contributed by atoms with Crippen LogP contribution in [0, 0.1) is 6.92 Å². The lowest BCUT2D eigenvalue weighted by atomic mass is 10.1. The second-order valence-corrected chi connectivity index (χ2v) is 7.66. The van der Waals surface area contributed by atoms with E-state index >= 15 is 0 Å². The molecule has 4 nitrogen and oxygen atoms in total. The fourth-order valence-corrected chi connectivity index (χ4v) is 3.88. The van der Waals surface area contributed by atoms with Gasteiger partial charge in [0.1, 0.15) is 5.52 Å². The van der Waals surface area contributed by atoms with Gasteiger partial charge in [0.25, 0.3) is 5.56 Å². The molecule has 1 aromatic carbocycles. The summed E-state index contributed by atoms with van der Waals surface area (Å²) >= 11 is 8.13. The van der Waals surface area contributed by atoms with Crippen molar-refractivity contribution in [2.24, 2.45) is 0 Å². The number of aryl methyl sites for hydroxylation is 1. The zero-order valence-electron chi connectivity index (χ0n) is 15.1. The average Bonchev–Trinajstić information content (AvgIpc) is 2.92. The third-order valence-electron chi connectivity index (χ3n) is 4.44. The fraction of sp³-hybridized carbons (Fsp3) is 0.368. The van der Waals surface area contributed by atoms with Gasteiger partial charge in [-0.1, -0.05) is 25.4 Å². The van der Waals surface area contributed by atoms with E-state index in [-0.39, 0.29) is 11.5 Å². The van der Waals surface area contributed by atoms with E-state index in [1.54, 1.807) is 20.8 Å². The molecule has 0 aliphatic rings. The van der Waals surface area contributed by atoms with Crippen LogP contribution in [0.1, 0.15) is 37.9 Å². The summed E-state index contributed by atoms with van der Waals surface area (Å²) in [4.78, 5) is 14.3. The Bertz CT molecular complexity index is 1000. The van der Waals surface area contributed by atoms with Crippen molar-refractivity contribution < 1.29 is 0 Å². The lowest BCUT2D eigenvalue weighted by Crippen LogP contribution is -2.26. The highest BCUT2D eigenvalue weighted by Crippen LogP contribution is 2.31. The van der Waals surface area contributed by atoms with Crippen molar-refractivity contribution in [3.05, 3.63) is 50.9 Å². The normalized spacial score (nSPS) is 11.6. The minimum Gasteiger partial charge on any atom is -0.290 e. The lowest BCUT2D eigenvalue weighted by molar-refractivity contribution is 0.686. The SMILES string of the molecule is CCn1c(-c2ccc(SC)cc2Cl)nn2c(C)cc(C(C)C)c2c1=O. The highest BCUT2D eigenvalue weighted by atomic mass is 35.5. The summed E-state index contributed by atoms with van der Waals surface area (Å²) in [5.41, 5.74) is 3.41. The molecule has 0 N–H and O–H groups in total. The van der Waals surface area contributed by atoms with Crippen LogP contribution in [0.5, 0.6) is 0 Å². The lowest BCUT2D eigenvalue weighted by Gasteiger charge is -2.14. The molecule has 0 fully saturated rings. The first-order valence-electron chi connectivity index (χ1n) is 8.36. The number of aromatic nitrogens is 3. The van der Waals surface area contributed by atoms with E-state index in [9.17, 15) is 4.79 Å². The monoisotopic (exact) mass is 375 g/mol. The number of hydrogen-bond acceptors (Lipinski definition) is 3. The second-order valence-electron chi connectivity index (χ2n) is 6.37. The number of benzene rings is 1. The molecule has 0 aliphatic carbocycles. The number of fused-ring (bicyclic) bond motifs is 1. The molecule has 0 amide bonds. The predicted octanol–water partition coefficient (Wildman–Crippen LogP) is 4.99. The molecule has 3 aromatic rings. The number of nitrogens with zero attached hydrogens (tertiary/aromatic N) is 3. The molecule has 0 radical (unpaired) electrons. The van der Waals surface area contributed by atoms with Crippen molar-refractivity contribution in [3.63, 3.8) is 0 Å².